The Bertz CT molecular complexity index is 836. The van der Waals surface area contributed by atoms with E-state index in [1.807, 2.05) is 6.07 Å². The molecule has 0 aromatic carbocycles. The zero-order chi connectivity index (χ0) is 15.5. The van der Waals surface area contributed by atoms with Crippen LogP contribution in [0.4, 0.5) is 0 Å². The van der Waals surface area contributed by atoms with Gasteiger partial charge in [0, 0.05) is 31.7 Å². The molecule has 1 amide bonds. The Hall–Kier alpha value is -3.16. The minimum absolute atomic E-state index is 0.0212. The smallest absolute Gasteiger partial charge is 0.356 e. The first-order chi connectivity index (χ1) is 10.6. The van der Waals surface area contributed by atoms with Crippen LogP contribution in [0.2, 0.25) is 0 Å². The number of aromatic amines is 1. The molecule has 0 aliphatic heterocycles. The molecule has 22 heavy (non-hydrogen) atoms. The van der Waals surface area contributed by atoms with Gasteiger partial charge in [-0.3, -0.25) is 9.78 Å². The topological polar surface area (TPSA) is 113 Å². The number of nitrogens with one attached hydrogen (secondary N) is 2. The predicted molar refractivity (Wildman–Crippen MR) is 77.6 cm³/mol. The third-order valence-electron chi connectivity index (χ3n) is 3.19. The fraction of sp³-hybridized carbons (Fsp3) is 0.143. The second-order valence-corrected chi connectivity index (χ2v) is 4.66. The van der Waals surface area contributed by atoms with Gasteiger partial charge in [-0.15, -0.1) is 0 Å². The van der Waals surface area contributed by atoms with Gasteiger partial charge in [-0.25, -0.2) is 9.78 Å². The van der Waals surface area contributed by atoms with Crippen LogP contribution < -0.4 is 5.32 Å². The minimum Gasteiger partial charge on any atom is -0.476 e. The van der Waals surface area contributed by atoms with Crippen LogP contribution in [0.5, 0.6) is 0 Å². The summed E-state index contributed by atoms with van der Waals surface area (Å²) in [5.74, 6) is -1.31. The molecule has 3 aromatic rings. The van der Waals surface area contributed by atoms with Gasteiger partial charge in [0.2, 0.25) is 0 Å². The number of carboxylic acid groups (broad SMARTS) is 1. The fourth-order valence-corrected chi connectivity index (χ4v) is 2.11. The van der Waals surface area contributed by atoms with E-state index in [1.165, 1.54) is 12.5 Å². The second-order valence-electron chi connectivity index (χ2n) is 4.66. The number of amides is 1. The van der Waals surface area contributed by atoms with Gasteiger partial charge in [-0.2, -0.15) is 0 Å². The number of hydrogen-bond donors (Lipinski definition) is 3. The van der Waals surface area contributed by atoms with Crippen molar-refractivity contribution < 1.29 is 14.7 Å². The molecule has 8 heteroatoms. The summed E-state index contributed by atoms with van der Waals surface area (Å²) in [6.07, 6.45) is 6.09. The zero-order valence-corrected chi connectivity index (χ0v) is 11.5. The number of fused-ring (bicyclic) bond motifs is 1. The number of aromatic carboxylic acids is 1. The number of H-pyrrole nitrogens is 1. The summed E-state index contributed by atoms with van der Waals surface area (Å²) in [6, 6.07) is 3.64. The van der Waals surface area contributed by atoms with Gasteiger partial charge in [-0.1, -0.05) is 0 Å². The van der Waals surface area contributed by atoms with Gasteiger partial charge in [0.05, 0.1) is 17.4 Å². The molecule has 0 atom stereocenters. The van der Waals surface area contributed by atoms with Crippen LogP contribution in [-0.2, 0) is 6.54 Å². The van der Waals surface area contributed by atoms with E-state index in [0.717, 1.165) is 5.52 Å². The van der Waals surface area contributed by atoms with Crippen LogP contribution in [0.3, 0.4) is 0 Å². The number of hydrogen-bond acceptors (Lipinski definition) is 4. The van der Waals surface area contributed by atoms with Crippen molar-refractivity contribution in [1.82, 2.24) is 24.8 Å². The molecule has 0 aliphatic carbocycles. The lowest BCUT2D eigenvalue weighted by molar-refractivity contribution is 0.0690. The highest BCUT2D eigenvalue weighted by Crippen LogP contribution is 2.14. The van der Waals surface area contributed by atoms with Crippen LogP contribution in [0.25, 0.3) is 11.0 Å². The molecular formula is C14H13N5O3. The molecular weight excluding hydrogens is 286 g/mol. The number of carbonyl (C=O) groups is 2. The molecule has 112 valence electrons. The lowest BCUT2D eigenvalue weighted by Gasteiger charge is -2.04. The maximum atomic E-state index is 12.1. The molecule has 8 nitrogen and oxygen atoms in total. The summed E-state index contributed by atoms with van der Waals surface area (Å²) < 4.78 is 1.61. The van der Waals surface area contributed by atoms with Gasteiger partial charge in [0.1, 0.15) is 5.52 Å². The van der Waals surface area contributed by atoms with E-state index in [2.05, 4.69) is 20.3 Å². The maximum absolute atomic E-state index is 12.1. The standard InChI is InChI=1S/C14H13N5O3/c20-13(9-6-17-10-2-1-3-15-12(9)10)16-4-5-19-7-11(14(21)22)18-8-19/h1-3,6-8,17H,4-5H2,(H,16,20)(H,21,22). The van der Waals surface area contributed by atoms with Crippen LogP contribution in [-0.4, -0.2) is 43.0 Å². The Kier molecular flexibility index (Phi) is 3.57. The first kappa shape index (κ1) is 13.8. The van der Waals surface area contributed by atoms with Crippen LogP contribution in [0, 0.1) is 0 Å². The van der Waals surface area contributed by atoms with Crippen LogP contribution in [0.15, 0.2) is 37.1 Å². The molecule has 0 unspecified atom stereocenters. The van der Waals surface area contributed by atoms with Gasteiger partial charge in [0.25, 0.3) is 5.91 Å². The van der Waals surface area contributed by atoms with Crippen molar-refractivity contribution in [3.8, 4) is 0 Å². The largest absolute Gasteiger partial charge is 0.476 e. The van der Waals surface area contributed by atoms with Gasteiger partial charge in [-0.05, 0) is 12.1 Å². The van der Waals surface area contributed by atoms with Crippen molar-refractivity contribution in [2.24, 2.45) is 0 Å². The second kappa shape index (κ2) is 5.68. The monoisotopic (exact) mass is 299 g/mol. The number of imidazole rings is 1. The minimum atomic E-state index is -1.08. The SMILES string of the molecule is O=C(O)c1cn(CCNC(=O)c2c[nH]c3cccnc23)cn1. The van der Waals surface area contributed by atoms with Crippen LogP contribution >= 0.6 is 0 Å². The van der Waals surface area contributed by atoms with E-state index in [0.29, 0.717) is 24.2 Å². The average molecular weight is 299 g/mol. The summed E-state index contributed by atoms with van der Waals surface area (Å²) in [4.78, 5) is 33.8. The molecule has 0 saturated carbocycles. The van der Waals surface area contributed by atoms with Crippen molar-refractivity contribution in [3.63, 3.8) is 0 Å². The van der Waals surface area contributed by atoms with Crippen molar-refractivity contribution >= 4 is 22.9 Å². The lowest BCUT2D eigenvalue weighted by Crippen LogP contribution is -2.26. The molecule has 0 saturated heterocycles. The third-order valence-corrected chi connectivity index (χ3v) is 3.19. The fourth-order valence-electron chi connectivity index (χ4n) is 2.11. The molecule has 3 rings (SSSR count). The highest BCUT2D eigenvalue weighted by Gasteiger charge is 2.12. The Morgan fingerprint density at radius 1 is 1.36 bits per heavy atom. The summed E-state index contributed by atoms with van der Waals surface area (Å²) >= 11 is 0. The van der Waals surface area contributed by atoms with E-state index >= 15 is 0 Å². The van der Waals surface area contributed by atoms with Crippen molar-refractivity contribution in [2.45, 2.75) is 6.54 Å². The first-order valence-electron chi connectivity index (χ1n) is 6.60. The molecule has 3 heterocycles. The number of carbonyl (C=O) groups excluding carboxylic acids is 1. The van der Waals surface area contributed by atoms with Crippen molar-refractivity contribution in [2.75, 3.05) is 6.54 Å². The number of carboxylic acids is 1. The summed E-state index contributed by atoms with van der Waals surface area (Å²) in [5.41, 5.74) is 1.88. The number of rotatable bonds is 5. The van der Waals surface area contributed by atoms with Crippen molar-refractivity contribution in [3.05, 3.63) is 48.3 Å². The highest BCUT2D eigenvalue weighted by molar-refractivity contribution is 6.05. The summed E-state index contributed by atoms with van der Waals surface area (Å²) in [7, 11) is 0. The molecule has 3 aromatic heterocycles. The number of aromatic nitrogens is 4. The quantitative estimate of drug-likeness (QED) is 0.647. The first-order valence-corrected chi connectivity index (χ1v) is 6.60. The molecule has 0 fully saturated rings. The third kappa shape index (κ3) is 2.66. The normalized spacial score (nSPS) is 10.7. The molecule has 0 aliphatic rings. The van der Waals surface area contributed by atoms with E-state index in [-0.39, 0.29) is 11.6 Å². The number of pyridine rings is 1. The van der Waals surface area contributed by atoms with Crippen molar-refractivity contribution in [1.29, 1.82) is 0 Å². The molecule has 0 bridgehead atoms. The van der Waals surface area contributed by atoms with Crippen LogP contribution in [0.1, 0.15) is 20.8 Å². The summed E-state index contributed by atoms with van der Waals surface area (Å²) in [6.45, 7) is 0.787. The molecule has 3 N–H and O–H groups in total. The average Bonchev–Trinajstić information content (AvgIpc) is 3.13. The van der Waals surface area contributed by atoms with Gasteiger partial charge < -0.3 is 20.0 Å². The van der Waals surface area contributed by atoms with Gasteiger partial charge >= 0.3 is 5.97 Å². The molecule has 0 spiro atoms. The van der Waals surface area contributed by atoms with E-state index in [1.54, 1.807) is 23.0 Å². The van der Waals surface area contributed by atoms with E-state index < -0.39 is 5.97 Å². The Morgan fingerprint density at radius 2 is 2.23 bits per heavy atom. The lowest BCUT2D eigenvalue weighted by atomic mass is 10.2. The van der Waals surface area contributed by atoms with Gasteiger partial charge in [0.15, 0.2) is 5.69 Å². The Balaban J connectivity index is 1.61. The maximum Gasteiger partial charge on any atom is 0.356 e. The zero-order valence-electron chi connectivity index (χ0n) is 11.5. The predicted octanol–water partition coefficient (Wildman–Crippen LogP) is 0.888. The Morgan fingerprint density at radius 3 is 3.00 bits per heavy atom. The summed E-state index contributed by atoms with van der Waals surface area (Å²) in [5, 5.41) is 11.6. The number of nitrogens with zero attached hydrogens (tertiary/aromatic N) is 3. The Labute approximate surface area is 124 Å². The van der Waals surface area contributed by atoms with E-state index in [4.69, 9.17) is 5.11 Å². The highest BCUT2D eigenvalue weighted by atomic mass is 16.4. The van der Waals surface area contributed by atoms with E-state index in [9.17, 15) is 9.59 Å². The molecule has 0 radical (unpaired) electrons.